The maximum atomic E-state index is 6.39. The van der Waals surface area contributed by atoms with Gasteiger partial charge in [-0.3, -0.25) is 0 Å². The molecule has 0 spiro atoms. The van der Waals surface area contributed by atoms with E-state index < -0.39 is 0 Å². The molecule has 2 N–H and O–H groups in total. The van der Waals surface area contributed by atoms with Gasteiger partial charge in [-0.25, -0.2) is 0 Å². The Bertz CT molecular complexity index is 646. The Balaban J connectivity index is 1.57. The fraction of sp³-hybridized carbons (Fsp3) is 0.294. The van der Waals surface area contributed by atoms with Crippen molar-refractivity contribution in [1.82, 2.24) is 0 Å². The van der Waals surface area contributed by atoms with Crippen LogP contribution in [0.1, 0.15) is 17.2 Å². The molecule has 4 rings (SSSR count). The molecule has 4 heteroatoms. The van der Waals surface area contributed by atoms with Crippen molar-refractivity contribution in [3.05, 3.63) is 53.6 Å². The largest absolute Gasteiger partial charge is 0.488 e. The fourth-order valence-electron chi connectivity index (χ4n) is 2.89. The highest BCUT2D eigenvalue weighted by Gasteiger charge is 2.29. The summed E-state index contributed by atoms with van der Waals surface area (Å²) in [5.41, 5.74) is 8.62. The third kappa shape index (κ3) is 2.21. The van der Waals surface area contributed by atoms with E-state index in [1.54, 1.807) is 0 Å². The van der Waals surface area contributed by atoms with Crippen LogP contribution in [0.4, 0.5) is 0 Å². The van der Waals surface area contributed by atoms with E-state index in [9.17, 15) is 0 Å². The Hall–Kier alpha value is -2.20. The van der Waals surface area contributed by atoms with E-state index in [4.69, 9.17) is 19.9 Å². The van der Waals surface area contributed by atoms with Gasteiger partial charge in [-0.05, 0) is 29.3 Å². The van der Waals surface area contributed by atoms with Crippen LogP contribution in [0, 0.1) is 0 Å². The molecule has 2 atom stereocenters. The summed E-state index contributed by atoms with van der Waals surface area (Å²) >= 11 is 0. The molecule has 0 radical (unpaired) electrons. The lowest BCUT2D eigenvalue weighted by molar-refractivity contribution is 0.170. The molecule has 2 unspecified atom stereocenters. The van der Waals surface area contributed by atoms with Crippen molar-refractivity contribution in [3.8, 4) is 17.2 Å². The van der Waals surface area contributed by atoms with Crippen molar-refractivity contribution >= 4 is 0 Å². The highest BCUT2D eigenvalue weighted by atomic mass is 16.6. The molecular weight excluding hydrogens is 266 g/mol. The number of hydrogen-bond donors (Lipinski definition) is 1. The van der Waals surface area contributed by atoms with Gasteiger partial charge in [0.15, 0.2) is 11.5 Å². The van der Waals surface area contributed by atoms with Crippen molar-refractivity contribution in [2.45, 2.75) is 18.6 Å². The second-order valence-corrected chi connectivity index (χ2v) is 5.40. The molecule has 2 aliphatic heterocycles. The SMILES string of the molecule is NC(c1ccc2c(c1)OCCO2)C1Cc2ccccc2O1. The molecule has 0 amide bonds. The fourth-order valence-corrected chi connectivity index (χ4v) is 2.89. The van der Waals surface area contributed by atoms with E-state index in [1.807, 2.05) is 36.4 Å². The number of benzene rings is 2. The first-order valence-electron chi connectivity index (χ1n) is 7.21. The summed E-state index contributed by atoms with van der Waals surface area (Å²) in [7, 11) is 0. The molecule has 0 saturated carbocycles. The van der Waals surface area contributed by atoms with Crippen LogP contribution in [0.5, 0.6) is 17.2 Å². The molecule has 4 nitrogen and oxygen atoms in total. The van der Waals surface area contributed by atoms with Crippen LogP contribution < -0.4 is 19.9 Å². The molecule has 2 aromatic carbocycles. The summed E-state index contributed by atoms with van der Waals surface area (Å²) in [6.07, 6.45) is 0.802. The van der Waals surface area contributed by atoms with Crippen LogP contribution in [0.15, 0.2) is 42.5 Å². The third-order valence-corrected chi connectivity index (χ3v) is 4.02. The normalized spacial score (nSPS) is 20.5. The first-order valence-corrected chi connectivity index (χ1v) is 7.21. The minimum atomic E-state index is -0.187. The molecule has 0 bridgehead atoms. The highest BCUT2D eigenvalue weighted by molar-refractivity contribution is 5.45. The summed E-state index contributed by atoms with van der Waals surface area (Å²) in [4.78, 5) is 0. The van der Waals surface area contributed by atoms with Gasteiger partial charge in [-0.1, -0.05) is 24.3 Å². The molecule has 108 valence electrons. The second kappa shape index (κ2) is 4.97. The Kier molecular flexibility index (Phi) is 2.97. The zero-order valence-electron chi connectivity index (χ0n) is 11.6. The van der Waals surface area contributed by atoms with E-state index in [-0.39, 0.29) is 12.1 Å². The van der Waals surface area contributed by atoms with Crippen LogP contribution in [-0.2, 0) is 6.42 Å². The van der Waals surface area contributed by atoms with Crippen LogP contribution in [0.2, 0.25) is 0 Å². The topological polar surface area (TPSA) is 53.7 Å². The predicted octanol–water partition coefficient (Wildman–Crippen LogP) is 2.46. The summed E-state index contributed by atoms with van der Waals surface area (Å²) < 4.78 is 17.1. The van der Waals surface area contributed by atoms with Gasteiger partial charge in [0, 0.05) is 6.42 Å². The summed E-state index contributed by atoms with van der Waals surface area (Å²) in [5.74, 6) is 2.49. The molecule has 21 heavy (non-hydrogen) atoms. The molecule has 0 aliphatic carbocycles. The molecule has 2 aromatic rings. The quantitative estimate of drug-likeness (QED) is 0.920. The summed E-state index contributed by atoms with van der Waals surface area (Å²) in [6.45, 7) is 1.18. The first kappa shape index (κ1) is 12.5. The predicted molar refractivity (Wildman–Crippen MR) is 78.9 cm³/mol. The van der Waals surface area contributed by atoms with Crippen LogP contribution >= 0.6 is 0 Å². The van der Waals surface area contributed by atoms with E-state index >= 15 is 0 Å². The van der Waals surface area contributed by atoms with Crippen molar-refractivity contribution in [1.29, 1.82) is 0 Å². The van der Waals surface area contributed by atoms with Crippen LogP contribution in [0.3, 0.4) is 0 Å². The van der Waals surface area contributed by atoms with Crippen molar-refractivity contribution in [2.24, 2.45) is 5.73 Å². The van der Waals surface area contributed by atoms with Gasteiger partial charge in [0.2, 0.25) is 0 Å². The van der Waals surface area contributed by atoms with Crippen molar-refractivity contribution < 1.29 is 14.2 Å². The zero-order chi connectivity index (χ0) is 14.2. The average Bonchev–Trinajstić information content (AvgIpc) is 2.97. The molecule has 0 aromatic heterocycles. The number of hydrogen-bond acceptors (Lipinski definition) is 4. The lowest BCUT2D eigenvalue weighted by atomic mass is 9.98. The summed E-state index contributed by atoms with van der Waals surface area (Å²) in [5, 5.41) is 0. The number of rotatable bonds is 2. The van der Waals surface area contributed by atoms with E-state index in [0.717, 1.165) is 29.2 Å². The van der Waals surface area contributed by atoms with Gasteiger partial charge in [-0.2, -0.15) is 0 Å². The molecule has 2 heterocycles. The lowest BCUT2D eigenvalue weighted by Gasteiger charge is -2.23. The monoisotopic (exact) mass is 283 g/mol. The lowest BCUT2D eigenvalue weighted by Crippen LogP contribution is -2.30. The van der Waals surface area contributed by atoms with Crippen LogP contribution in [-0.4, -0.2) is 19.3 Å². The maximum absolute atomic E-state index is 6.39. The molecule has 2 aliphatic rings. The minimum absolute atomic E-state index is 0.0371. The van der Waals surface area contributed by atoms with Gasteiger partial charge in [-0.15, -0.1) is 0 Å². The highest BCUT2D eigenvalue weighted by Crippen LogP contribution is 2.36. The van der Waals surface area contributed by atoms with Gasteiger partial charge in [0.1, 0.15) is 25.1 Å². The average molecular weight is 283 g/mol. The Morgan fingerprint density at radius 3 is 2.62 bits per heavy atom. The molecular formula is C17H17NO3. The maximum Gasteiger partial charge on any atom is 0.161 e. The number of nitrogens with two attached hydrogens (primary N) is 1. The smallest absolute Gasteiger partial charge is 0.161 e. The van der Waals surface area contributed by atoms with Crippen LogP contribution in [0.25, 0.3) is 0 Å². The van der Waals surface area contributed by atoms with Gasteiger partial charge >= 0.3 is 0 Å². The summed E-state index contributed by atoms with van der Waals surface area (Å²) in [6, 6.07) is 13.8. The Labute approximate surface area is 123 Å². The van der Waals surface area contributed by atoms with Crippen molar-refractivity contribution in [3.63, 3.8) is 0 Å². The molecule has 0 fully saturated rings. The van der Waals surface area contributed by atoms with E-state index in [1.165, 1.54) is 5.56 Å². The number of para-hydroxylation sites is 1. The van der Waals surface area contributed by atoms with E-state index in [0.29, 0.717) is 13.2 Å². The van der Waals surface area contributed by atoms with Crippen molar-refractivity contribution in [2.75, 3.05) is 13.2 Å². The Morgan fingerprint density at radius 2 is 1.76 bits per heavy atom. The van der Waals surface area contributed by atoms with Gasteiger partial charge < -0.3 is 19.9 Å². The molecule has 0 saturated heterocycles. The Morgan fingerprint density at radius 1 is 0.952 bits per heavy atom. The third-order valence-electron chi connectivity index (χ3n) is 4.02. The van der Waals surface area contributed by atoms with Gasteiger partial charge in [0.05, 0.1) is 6.04 Å². The zero-order valence-corrected chi connectivity index (χ0v) is 11.6. The minimum Gasteiger partial charge on any atom is -0.488 e. The number of ether oxygens (including phenoxy) is 3. The van der Waals surface area contributed by atoms with E-state index in [2.05, 4.69) is 6.07 Å². The van der Waals surface area contributed by atoms with Gasteiger partial charge in [0.25, 0.3) is 0 Å². The number of fused-ring (bicyclic) bond motifs is 2. The first-order chi connectivity index (χ1) is 10.3. The standard InChI is InChI=1S/C17H17NO3/c18-17(16-9-11-3-1-2-4-13(11)21-16)12-5-6-14-15(10-12)20-8-7-19-14/h1-6,10,16-17H,7-9,18H2. The second-order valence-electron chi connectivity index (χ2n) is 5.40.